The van der Waals surface area contributed by atoms with E-state index in [-0.39, 0.29) is 49.7 Å². The van der Waals surface area contributed by atoms with Gasteiger partial charge in [-0.2, -0.15) is 0 Å². The first-order valence-corrected chi connectivity index (χ1v) is 19.2. The fourth-order valence-electron chi connectivity index (χ4n) is 5.12. The standard InChI is InChI=1S/C30H45BN6O9P2/c1-4-47(41)30(48(42,43)44)36-27(38)11-8-14-37-15-17-45-31(46-18-16-37)26(19-22(2)3)35-28(39)24(20-23-9-6-5-7-10-23)34-29(40)25-21-32-12-13-33-25/h5-7,9-10,12-13,21-22,24,26,30H,4,8,11,14-20H2,1-3H3,(H4-,34,35,36,38,39,40,42,43,44)/p+1. The zero-order valence-electron chi connectivity index (χ0n) is 27.6. The molecule has 1 aliphatic rings. The number of benzene rings is 1. The van der Waals surface area contributed by atoms with Gasteiger partial charge in [0.2, 0.25) is 11.8 Å². The fourth-order valence-corrected chi connectivity index (χ4v) is 7.90. The van der Waals surface area contributed by atoms with E-state index < -0.39 is 51.8 Å². The molecule has 0 saturated carbocycles. The molecule has 18 heteroatoms. The molecule has 0 radical (unpaired) electrons. The molecule has 1 aromatic heterocycles. The summed E-state index contributed by atoms with van der Waals surface area (Å²) in [6.07, 6.45) is 5.46. The Kier molecular flexibility index (Phi) is 16.2. The molecule has 3 rings (SSSR count). The van der Waals surface area contributed by atoms with E-state index in [0.29, 0.717) is 32.5 Å². The summed E-state index contributed by atoms with van der Waals surface area (Å²) in [7, 11) is -7.77. The van der Waals surface area contributed by atoms with Crippen LogP contribution < -0.4 is 16.0 Å². The van der Waals surface area contributed by atoms with Crippen LogP contribution in [0.3, 0.4) is 0 Å². The Morgan fingerprint density at radius 3 is 2.33 bits per heavy atom. The first kappa shape index (κ1) is 39.3. The minimum absolute atomic E-state index is 0.00422. The lowest BCUT2D eigenvalue weighted by molar-refractivity contribution is -0.123. The van der Waals surface area contributed by atoms with E-state index in [9.17, 15) is 33.3 Å². The highest BCUT2D eigenvalue weighted by molar-refractivity contribution is 7.67. The van der Waals surface area contributed by atoms with E-state index in [4.69, 9.17) is 9.31 Å². The number of hydrogen-bond acceptors (Lipinski definition) is 10. The largest absolute Gasteiger partial charge is 0.480 e. The summed E-state index contributed by atoms with van der Waals surface area (Å²) in [5.41, 5.74) is -0.725. The van der Waals surface area contributed by atoms with Crippen LogP contribution >= 0.6 is 15.4 Å². The van der Waals surface area contributed by atoms with Crippen molar-refractivity contribution in [3.8, 4) is 0 Å². The molecule has 0 aliphatic carbocycles. The van der Waals surface area contributed by atoms with Crippen molar-refractivity contribution in [3.63, 3.8) is 0 Å². The van der Waals surface area contributed by atoms with Gasteiger partial charge in [0.05, 0.1) is 12.1 Å². The second-order valence-electron chi connectivity index (χ2n) is 11.9. The molecule has 0 spiro atoms. The van der Waals surface area contributed by atoms with Gasteiger partial charge in [-0.3, -0.25) is 28.8 Å². The quantitative estimate of drug-likeness (QED) is 0.118. The van der Waals surface area contributed by atoms with Gasteiger partial charge in [-0.1, -0.05) is 48.7 Å². The van der Waals surface area contributed by atoms with E-state index in [2.05, 4.69) is 25.9 Å². The molecule has 1 aromatic carbocycles. The molecule has 4 unspecified atom stereocenters. The van der Waals surface area contributed by atoms with E-state index in [1.807, 2.05) is 49.1 Å². The molecule has 2 heterocycles. The molecule has 5 N–H and O–H groups in total. The summed E-state index contributed by atoms with van der Waals surface area (Å²) in [5.74, 6) is -1.80. The van der Waals surface area contributed by atoms with Gasteiger partial charge in [-0.15, -0.1) is 0 Å². The van der Waals surface area contributed by atoms with E-state index in [1.54, 1.807) is 0 Å². The highest BCUT2D eigenvalue weighted by Crippen LogP contribution is 2.51. The molecule has 262 valence electrons. The SMILES string of the molecule is CC[P+](=O)C(NC(=O)CCCN1CCOB(C(CC(C)C)NC(=O)C(Cc2ccccc2)NC(=O)c2cnccn2)OCC1)P(=O)(O)O. The third-order valence-electron chi connectivity index (χ3n) is 7.53. The number of nitrogens with one attached hydrogen (secondary N) is 3. The number of hydrogen-bond donors (Lipinski definition) is 5. The number of nitrogens with zero attached hydrogens (tertiary/aromatic N) is 3. The number of carbonyl (C=O) groups excluding carboxylic acids is 3. The molecule has 1 fully saturated rings. The number of rotatable bonds is 17. The lowest BCUT2D eigenvalue weighted by Crippen LogP contribution is -2.57. The summed E-state index contributed by atoms with van der Waals surface area (Å²) in [4.78, 5) is 68.0. The van der Waals surface area contributed by atoms with Gasteiger partial charge in [0.25, 0.3) is 5.91 Å². The van der Waals surface area contributed by atoms with E-state index in [0.717, 1.165) is 5.56 Å². The van der Waals surface area contributed by atoms with Crippen molar-refractivity contribution in [1.82, 2.24) is 30.8 Å². The number of aromatic nitrogens is 2. The summed E-state index contributed by atoms with van der Waals surface area (Å²) in [6, 6.07) is 8.46. The summed E-state index contributed by atoms with van der Waals surface area (Å²) in [6.45, 7) is 7.73. The molecule has 3 amide bonds. The van der Waals surface area contributed by atoms with Crippen LogP contribution in [0, 0.1) is 5.92 Å². The maximum absolute atomic E-state index is 13.7. The van der Waals surface area contributed by atoms with Crippen molar-refractivity contribution in [2.24, 2.45) is 5.92 Å². The molecule has 1 saturated heterocycles. The van der Waals surface area contributed by atoms with Gasteiger partial charge >= 0.3 is 28.0 Å². The zero-order chi connectivity index (χ0) is 35.1. The zero-order valence-corrected chi connectivity index (χ0v) is 29.4. The summed E-state index contributed by atoms with van der Waals surface area (Å²) < 4.78 is 35.9. The molecule has 0 bridgehead atoms. The van der Waals surface area contributed by atoms with Gasteiger partial charge in [0, 0.05) is 51.5 Å². The van der Waals surface area contributed by atoms with Gasteiger partial charge in [-0.25, -0.2) is 4.98 Å². The lowest BCUT2D eigenvalue weighted by Gasteiger charge is -2.32. The second kappa shape index (κ2) is 19.8. The molecule has 4 atom stereocenters. The van der Waals surface area contributed by atoms with Gasteiger partial charge in [0.15, 0.2) is 0 Å². The second-order valence-corrected chi connectivity index (χ2v) is 16.0. The van der Waals surface area contributed by atoms with Crippen molar-refractivity contribution < 1.29 is 42.6 Å². The predicted molar refractivity (Wildman–Crippen MR) is 180 cm³/mol. The maximum atomic E-state index is 13.7. The van der Waals surface area contributed by atoms with Crippen LogP contribution in [0.2, 0.25) is 0 Å². The third-order valence-corrected chi connectivity index (χ3v) is 11.3. The molecular weight excluding hydrogens is 661 g/mol. The Bertz CT molecular complexity index is 1380. The van der Waals surface area contributed by atoms with Crippen molar-refractivity contribution in [2.75, 3.05) is 39.0 Å². The van der Waals surface area contributed by atoms with Gasteiger partial charge in [-0.05, 0) is 37.8 Å². The molecule has 48 heavy (non-hydrogen) atoms. The first-order valence-electron chi connectivity index (χ1n) is 16.0. The Labute approximate surface area is 282 Å². The van der Waals surface area contributed by atoms with Gasteiger partial charge in [0.1, 0.15) is 17.9 Å². The minimum Gasteiger partial charge on any atom is -0.408 e. The van der Waals surface area contributed by atoms with Crippen LogP contribution in [0.1, 0.15) is 56.1 Å². The highest BCUT2D eigenvalue weighted by atomic mass is 31.2. The van der Waals surface area contributed by atoms with Crippen molar-refractivity contribution in [2.45, 2.75) is 64.0 Å². The van der Waals surface area contributed by atoms with Crippen LogP contribution in [0.15, 0.2) is 48.9 Å². The fraction of sp³-hybridized carbons (Fsp3) is 0.567. The average Bonchev–Trinajstić information content (AvgIpc) is 3.03. The van der Waals surface area contributed by atoms with Crippen LogP contribution in [-0.4, -0.2) is 106 Å². The predicted octanol–water partition coefficient (Wildman–Crippen LogP) is 1.93. The molecule has 15 nitrogen and oxygen atoms in total. The number of carbonyl (C=O) groups is 3. The average molecular weight is 707 g/mol. The topological polar surface area (TPSA) is 209 Å². The van der Waals surface area contributed by atoms with E-state index in [1.165, 1.54) is 25.5 Å². The monoisotopic (exact) mass is 707 g/mol. The molecule has 1 aliphatic heterocycles. The molecular formula is C30H46BN6O9P2+. The third kappa shape index (κ3) is 13.4. The van der Waals surface area contributed by atoms with Crippen molar-refractivity contribution in [3.05, 3.63) is 60.2 Å². The van der Waals surface area contributed by atoms with Crippen molar-refractivity contribution in [1.29, 1.82) is 0 Å². The maximum Gasteiger partial charge on any atom is 0.480 e. The van der Waals surface area contributed by atoms with Crippen LogP contribution in [0.5, 0.6) is 0 Å². The summed E-state index contributed by atoms with van der Waals surface area (Å²) >= 11 is 0. The highest BCUT2D eigenvalue weighted by Gasteiger charge is 2.45. The first-order chi connectivity index (χ1) is 22.9. The lowest BCUT2D eigenvalue weighted by atomic mass is 9.73. The van der Waals surface area contributed by atoms with Crippen LogP contribution in [0.4, 0.5) is 0 Å². The Hall–Kier alpha value is -3.10. The van der Waals surface area contributed by atoms with Crippen molar-refractivity contribution >= 4 is 40.2 Å². The normalized spacial score (nSPS) is 16.6. The van der Waals surface area contributed by atoms with Crippen LogP contribution in [-0.2, 0) is 34.4 Å². The Balaban J connectivity index is 1.57. The Morgan fingerprint density at radius 2 is 1.75 bits per heavy atom. The summed E-state index contributed by atoms with van der Waals surface area (Å²) in [5, 5.41) is 8.11. The van der Waals surface area contributed by atoms with E-state index >= 15 is 0 Å². The Morgan fingerprint density at radius 1 is 1.06 bits per heavy atom. The minimum atomic E-state index is -4.75. The smallest absolute Gasteiger partial charge is 0.408 e. The number of amides is 3. The molecule has 2 aromatic rings. The van der Waals surface area contributed by atoms with Crippen LogP contribution in [0.25, 0.3) is 0 Å². The van der Waals surface area contributed by atoms with Gasteiger partial charge < -0.3 is 35.0 Å².